The number of ketones is 1. The lowest BCUT2D eigenvalue weighted by Crippen LogP contribution is -2.41. The molecule has 0 N–H and O–H groups in total. The Kier molecular flexibility index (Phi) is 6.29. The molecule has 0 radical (unpaired) electrons. The molecule has 0 heterocycles. The smallest absolute Gasteiger partial charge is 0.165 e. The fraction of sp³-hybridized carbons (Fsp3) is 0.800. The van der Waals surface area contributed by atoms with Gasteiger partial charge in [0.25, 0.3) is 0 Å². The molecule has 1 aliphatic rings. The number of hydrogen-bond acceptors (Lipinski definition) is 2. The number of Topliss-reactive ketones (excluding diaryl/α,β-unsaturated/α-hetero) is 1. The highest BCUT2D eigenvalue weighted by molar-refractivity contribution is 5.87. The van der Waals surface area contributed by atoms with Crippen molar-refractivity contribution in [1.82, 2.24) is 0 Å². The Hall–Kier alpha value is -0.810. The summed E-state index contributed by atoms with van der Waals surface area (Å²) in [7, 11) is 0. The number of hydrogen-bond donors (Lipinski definition) is 0. The third-order valence-electron chi connectivity index (χ3n) is 3.49. The van der Waals surface area contributed by atoms with Crippen LogP contribution in [0.15, 0.2) is 0 Å². The van der Waals surface area contributed by atoms with Gasteiger partial charge in [0.1, 0.15) is 5.60 Å². The fourth-order valence-corrected chi connectivity index (χ4v) is 2.61. The Balaban J connectivity index is 2.65. The molecular weight excluding hydrogens is 212 g/mol. The molecule has 96 valence electrons. The van der Waals surface area contributed by atoms with Gasteiger partial charge in [-0.05, 0) is 26.7 Å². The minimum Gasteiger partial charge on any atom is -0.368 e. The molecule has 2 heteroatoms. The Morgan fingerprint density at radius 1 is 1.24 bits per heavy atom. The van der Waals surface area contributed by atoms with E-state index in [0.29, 0.717) is 19.4 Å². The second-order valence-corrected chi connectivity index (χ2v) is 4.69. The first-order valence-electron chi connectivity index (χ1n) is 6.82. The average molecular weight is 236 g/mol. The van der Waals surface area contributed by atoms with Gasteiger partial charge in [-0.25, -0.2) is 0 Å². The van der Waals surface area contributed by atoms with E-state index in [2.05, 4.69) is 11.8 Å². The van der Waals surface area contributed by atoms with Gasteiger partial charge in [-0.1, -0.05) is 25.7 Å². The zero-order valence-electron chi connectivity index (χ0n) is 11.2. The normalized spacial score (nSPS) is 18.9. The van der Waals surface area contributed by atoms with Crippen molar-refractivity contribution in [2.45, 2.75) is 70.8 Å². The van der Waals surface area contributed by atoms with Crippen LogP contribution in [-0.2, 0) is 9.53 Å². The molecule has 0 amide bonds. The number of ether oxygens (including phenoxy) is 1. The van der Waals surface area contributed by atoms with Crippen LogP contribution in [0.5, 0.6) is 0 Å². The molecule has 17 heavy (non-hydrogen) atoms. The van der Waals surface area contributed by atoms with E-state index in [-0.39, 0.29) is 5.78 Å². The molecule has 2 nitrogen and oxygen atoms in total. The SMILES string of the molecule is CC#CCCC(=O)C1(OCC)CCCCCC1. The summed E-state index contributed by atoms with van der Waals surface area (Å²) in [5.74, 6) is 6.07. The van der Waals surface area contributed by atoms with Crippen LogP contribution in [0.2, 0.25) is 0 Å². The first kappa shape index (κ1) is 14.3. The molecule has 1 saturated carbocycles. The monoisotopic (exact) mass is 236 g/mol. The Bertz CT molecular complexity index is 288. The average Bonchev–Trinajstić information content (AvgIpc) is 2.56. The van der Waals surface area contributed by atoms with Gasteiger partial charge >= 0.3 is 0 Å². The highest BCUT2D eigenvalue weighted by Gasteiger charge is 2.38. The molecule has 0 aromatic rings. The second kappa shape index (κ2) is 7.50. The molecule has 1 fully saturated rings. The lowest BCUT2D eigenvalue weighted by Gasteiger charge is -2.31. The summed E-state index contributed by atoms with van der Waals surface area (Å²) in [5.41, 5.74) is -0.485. The molecule has 0 aliphatic heterocycles. The predicted octanol–water partition coefficient (Wildman–Crippen LogP) is 3.49. The zero-order chi connectivity index (χ0) is 12.6. The van der Waals surface area contributed by atoms with Gasteiger partial charge in [-0.3, -0.25) is 4.79 Å². The maximum absolute atomic E-state index is 12.3. The van der Waals surface area contributed by atoms with Crippen LogP contribution in [0.1, 0.15) is 65.2 Å². The van der Waals surface area contributed by atoms with E-state index in [0.717, 1.165) is 25.7 Å². The molecule has 0 spiro atoms. The maximum Gasteiger partial charge on any atom is 0.165 e. The molecule has 0 bridgehead atoms. The van der Waals surface area contributed by atoms with Gasteiger partial charge in [0, 0.05) is 19.4 Å². The molecular formula is C15H24O2. The van der Waals surface area contributed by atoms with Crippen molar-refractivity contribution >= 4 is 5.78 Å². The number of carbonyl (C=O) groups is 1. The second-order valence-electron chi connectivity index (χ2n) is 4.69. The van der Waals surface area contributed by atoms with E-state index < -0.39 is 5.60 Å². The van der Waals surface area contributed by atoms with Crippen molar-refractivity contribution in [2.75, 3.05) is 6.61 Å². The predicted molar refractivity (Wildman–Crippen MR) is 69.8 cm³/mol. The number of carbonyl (C=O) groups excluding carboxylic acids is 1. The first-order chi connectivity index (χ1) is 8.25. The largest absolute Gasteiger partial charge is 0.368 e. The quantitative estimate of drug-likeness (QED) is 0.539. The lowest BCUT2D eigenvalue weighted by molar-refractivity contribution is -0.146. The summed E-state index contributed by atoms with van der Waals surface area (Å²) in [6, 6.07) is 0. The molecule has 1 rings (SSSR count). The summed E-state index contributed by atoms with van der Waals surface area (Å²) in [6.07, 6.45) is 7.72. The molecule has 0 aromatic carbocycles. The van der Waals surface area contributed by atoms with Gasteiger partial charge in [0.2, 0.25) is 0 Å². The summed E-state index contributed by atoms with van der Waals surface area (Å²) < 4.78 is 5.85. The third kappa shape index (κ3) is 4.16. The Morgan fingerprint density at radius 3 is 2.41 bits per heavy atom. The van der Waals surface area contributed by atoms with Gasteiger partial charge in [-0.2, -0.15) is 0 Å². The van der Waals surface area contributed by atoms with E-state index in [1.165, 1.54) is 12.8 Å². The van der Waals surface area contributed by atoms with E-state index >= 15 is 0 Å². The molecule has 1 aliphatic carbocycles. The highest BCUT2D eigenvalue weighted by Crippen LogP contribution is 2.32. The van der Waals surface area contributed by atoms with Gasteiger partial charge in [0.15, 0.2) is 5.78 Å². The molecule has 0 saturated heterocycles. The van der Waals surface area contributed by atoms with Crippen LogP contribution in [0.3, 0.4) is 0 Å². The Labute approximate surface area is 105 Å². The lowest BCUT2D eigenvalue weighted by atomic mass is 9.87. The fourth-order valence-electron chi connectivity index (χ4n) is 2.61. The third-order valence-corrected chi connectivity index (χ3v) is 3.49. The van der Waals surface area contributed by atoms with Crippen LogP contribution in [-0.4, -0.2) is 18.0 Å². The minimum atomic E-state index is -0.485. The van der Waals surface area contributed by atoms with Crippen LogP contribution < -0.4 is 0 Å². The van der Waals surface area contributed by atoms with Crippen LogP contribution in [0.4, 0.5) is 0 Å². The summed E-state index contributed by atoms with van der Waals surface area (Å²) >= 11 is 0. The summed E-state index contributed by atoms with van der Waals surface area (Å²) in [5, 5.41) is 0. The summed E-state index contributed by atoms with van der Waals surface area (Å²) in [6.45, 7) is 4.42. The van der Waals surface area contributed by atoms with E-state index in [9.17, 15) is 4.79 Å². The van der Waals surface area contributed by atoms with Crippen molar-refractivity contribution in [3.05, 3.63) is 0 Å². The van der Waals surface area contributed by atoms with E-state index in [1.54, 1.807) is 0 Å². The van der Waals surface area contributed by atoms with Crippen LogP contribution in [0, 0.1) is 11.8 Å². The van der Waals surface area contributed by atoms with Crippen molar-refractivity contribution in [2.24, 2.45) is 0 Å². The topological polar surface area (TPSA) is 26.3 Å². The van der Waals surface area contributed by atoms with Crippen molar-refractivity contribution < 1.29 is 9.53 Å². The van der Waals surface area contributed by atoms with Crippen LogP contribution >= 0.6 is 0 Å². The minimum absolute atomic E-state index is 0.268. The first-order valence-corrected chi connectivity index (χ1v) is 6.82. The van der Waals surface area contributed by atoms with Gasteiger partial charge in [0.05, 0.1) is 0 Å². The summed E-state index contributed by atoms with van der Waals surface area (Å²) in [4.78, 5) is 12.3. The van der Waals surface area contributed by atoms with Gasteiger partial charge in [-0.15, -0.1) is 11.8 Å². The molecule has 0 unspecified atom stereocenters. The van der Waals surface area contributed by atoms with Crippen molar-refractivity contribution in [3.8, 4) is 11.8 Å². The van der Waals surface area contributed by atoms with Gasteiger partial charge < -0.3 is 4.74 Å². The molecule has 0 atom stereocenters. The highest BCUT2D eigenvalue weighted by atomic mass is 16.5. The van der Waals surface area contributed by atoms with Crippen molar-refractivity contribution in [3.63, 3.8) is 0 Å². The number of rotatable bonds is 5. The van der Waals surface area contributed by atoms with E-state index in [4.69, 9.17) is 4.74 Å². The van der Waals surface area contributed by atoms with Crippen molar-refractivity contribution in [1.29, 1.82) is 0 Å². The molecule has 0 aromatic heterocycles. The maximum atomic E-state index is 12.3. The standard InChI is InChI=1S/C15H24O2/c1-3-5-8-11-14(16)15(17-4-2)12-9-6-7-10-13-15/h4,6-13H2,1-2H3. The zero-order valence-corrected chi connectivity index (χ0v) is 11.2. The van der Waals surface area contributed by atoms with E-state index in [1.807, 2.05) is 13.8 Å². The van der Waals surface area contributed by atoms with Crippen LogP contribution in [0.25, 0.3) is 0 Å². The Morgan fingerprint density at radius 2 is 1.88 bits per heavy atom.